The first kappa shape index (κ1) is 35.0. The van der Waals surface area contributed by atoms with Gasteiger partial charge in [-0.25, -0.2) is 9.78 Å². The van der Waals surface area contributed by atoms with Gasteiger partial charge >= 0.3 is 6.03 Å². The normalized spacial score (nSPS) is 13.5. The Hall–Kier alpha value is -4.51. The fourth-order valence-electron chi connectivity index (χ4n) is 4.71. The molecule has 3 aromatic rings. The van der Waals surface area contributed by atoms with Crippen molar-refractivity contribution in [2.24, 2.45) is 11.7 Å². The van der Waals surface area contributed by atoms with Crippen LogP contribution >= 0.6 is 0 Å². The highest BCUT2D eigenvalue weighted by Crippen LogP contribution is 2.14. The molecule has 0 spiro atoms. The van der Waals surface area contributed by atoms with Crippen molar-refractivity contribution in [1.29, 1.82) is 0 Å². The van der Waals surface area contributed by atoms with Crippen molar-refractivity contribution in [3.63, 3.8) is 0 Å². The summed E-state index contributed by atoms with van der Waals surface area (Å²) in [6, 6.07) is 17.3. The van der Waals surface area contributed by atoms with E-state index in [-0.39, 0.29) is 24.7 Å². The molecule has 0 unspecified atom stereocenters. The zero-order valence-electron chi connectivity index (χ0n) is 26.7. The van der Waals surface area contributed by atoms with Crippen LogP contribution in [0.25, 0.3) is 10.9 Å². The third-order valence-corrected chi connectivity index (χ3v) is 7.10. The maximum Gasteiger partial charge on any atom is 0.317 e. The van der Waals surface area contributed by atoms with Gasteiger partial charge in [-0.15, -0.1) is 0 Å². The lowest BCUT2D eigenvalue weighted by molar-refractivity contribution is -0.128. The summed E-state index contributed by atoms with van der Waals surface area (Å²) in [5.41, 5.74) is 6.48. The highest BCUT2D eigenvalue weighted by molar-refractivity contribution is 5.99. The van der Waals surface area contributed by atoms with E-state index in [1.807, 2.05) is 63.2 Å². The van der Waals surface area contributed by atoms with Gasteiger partial charge in [0.25, 0.3) is 5.91 Å². The van der Waals surface area contributed by atoms with Gasteiger partial charge < -0.3 is 31.7 Å². The molecule has 0 saturated carbocycles. The van der Waals surface area contributed by atoms with Crippen molar-refractivity contribution in [2.75, 3.05) is 13.1 Å². The molecule has 3 rings (SSSR count). The van der Waals surface area contributed by atoms with Crippen molar-refractivity contribution >= 4 is 34.7 Å². The van der Waals surface area contributed by atoms with E-state index in [9.17, 15) is 24.3 Å². The first-order valence-corrected chi connectivity index (χ1v) is 15.3. The van der Waals surface area contributed by atoms with Crippen LogP contribution < -0.4 is 21.7 Å². The van der Waals surface area contributed by atoms with Gasteiger partial charge in [-0.2, -0.15) is 0 Å². The highest BCUT2D eigenvalue weighted by Gasteiger charge is 2.31. The molecule has 5 amide bonds. The highest BCUT2D eigenvalue weighted by atomic mass is 16.3. The van der Waals surface area contributed by atoms with E-state index in [2.05, 4.69) is 34.8 Å². The number of carbonyl (C=O) groups is 4. The fraction of sp³-hybridized carbons (Fsp3) is 0.441. The van der Waals surface area contributed by atoms with Crippen LogP contribution in [0.5, 0.6) is 0 Å². The number of aromatic nitrogens is 1. The molecule has 0 radical (unpaired) electrons. The summed E-state index contributed by atoms with van der Waals surface area (Å²) >= 11 is 0. The quantitative estimate of drug-likeness (QED) is 0.186. The second-order valence-electron chi connectivity index (χ2n) is 12.8. The van der Waals surface area contributed by atoms with Crippen LogP contribution in [0.1, 0.15) is 63.5 Å². The number of hydrogen-bond acceptors (Lipinski definition) is 6. The minimum Gasteiger partial charge on any atom is -0.389 e. The Morgan fingerprint density at radius 1 is 0.933 bits per heavy atom. The average molecular weight is 619 g/mol. The Kier molecular flexibility index (Phi) is 12.4. The van der Waals surface area contributed by atoms with Gasteiger partial charge in [-0.1, -0.05) is 68.4 Å². The Morgan fingerprint density at radius 3 is 2.24 bits per heavy atom. The largest absolute Gasteiger partial charge is 0.389 e. The smallest absolute Gasteiger partial charge is 0.317 e. The van der Waals surface area contributed by atoms with Crippen molar-refractivity contribution in [2.45, 2.75) is 77.6 Å². The molecule has 0 aliphatic heterocycles. The molecule has 0 aliphatic rings. The Labute approximate surface area is 265 Å². The zero-order valence-corrected chi connectivity index (χ0v) is 26.7. The number of pyridine rings is 1. The van der Waals surface area contributed by atoms with E-state index in [4.69, 9.17) is 5.73 Å². The van der Waals surface area contributed by atoms with Crippen LogP contribution in [-0.4, -0.2) is 75.6 Å². The lowest BCUT2D eigenvalue weighted by Gasteiger charge is -2.33. The molecule has 242 valence electrons. The topological polar surface area (TPSA) is 167 Å². The maximum atomic E-state index is 13.6. The predicted molar refractivity (Wildman–Crippen MR) is 174 cm³/mol. The maximum absolute atomic E-state index is 13.6. The summed E-state index contributed by atoms with van der Waals surface area (Å²) in [5.74, 6) is -1.82. The summed E-state index contributed by atoms with van der Waals surface area (Å²) in [5, 5.41) is 20.7. The Balaban J connectivity index is 1.83. The van der Waals surface area contributed by atoms with Crippen LogP contribution in [0, 0.1) is 5.92 Å². The van der Waals surface area contributed by atoms with Gasteiger partial charge in [0.2, 0.25) is 11.8 Å². The predicted octanol–water partition coefficient (Wildman–Crippen LogP) is 3.15. The van der Waals surface area contributed by atoms with E-state index >= 15 is 0 Å². The monoisotopic (exact) mass is 618 g/mol. The first-order chi connectivity index (χ1) is 21.2. The van der Waals surface area contributed by atoms with E-state index in [1.165, 1.54) is 6.07 Å². The van der Waals surface area contributed by atoms with Crippen LogP contribution in [0.15, 0.2) is 66.7 Å². The Bertz CT molecular complexity index is 1460. The minimum atomic E-state index is -1.32. The van der Waals surface area contributed by atoms with Crippen LogP contribution in [0.2, 0.25) is 0 Å². The summed E-state index contributed by atoms with van der Waals surface area (Å²) in [6.07, 6.45) is -0.696. The van der Waals surface area contributed by atoms with Crippen molar-refractivity contribution in [3.8, 4) is 0 Å². The number of fused-ring (bicyclic) bond motifs is 1. The van der Waals surface area contributed by atoms with Gasteiger partial charge in [-0.05, 0) is 57.2 Å². The van der Waals surface area contributed by atoms with Crippen molar-refractivity contribution in [1.82, 2.24) is 25.8 Å². The van der Waals surface area contributed by atoms with Gasteiger partial charge in [0.15, 0.2) is 0 Å². The van der Waals surface area contributed by atoms with E-state index in [1.54, 1.807) is 23.1 Å². The van der Waals surface area contributed by atoms with E-state index in [0.29, 0.717) is 18.0 Å². The molecule has 1 heterocycles. The molecule has 0 bridgehead atoms. The molecule has 3 atom stereocenters. The number of nitrogens with zero attached hydrogens (tertiary/aromatic N) is 2. The van der Waals surface area contributed by atoms with Crippen molar-refractivity contribution < 1.29 is 24.3 Å². The molecule has 45 heavy (non-hydrogen) atoms. The van der Waals surface area contributed by atoms with E-state index in [0.717, 1.165) is 17.4 Å². The minimum absolute atomic E-state index is 0.0553. The second-order valence-corrected chi connectivity index (χ2v) is 12.8. The number of rotatable bonds is 14. The fourth-order valence-corrected chi connectivity index (χ4v) is 4.71. The van der Waals surface area contributed by atoms with Crippen LogP contribution in [0.3, 0.4) is 0 Å². The molecule has 1 aromatic heterocycles. The number of nitrogens with one attached hydrogen (secondary N) is 3. The number of amides is 5. The molecular weight excluding hydrogens is 572 g/mol. The SMILES string of the molecule is CC(C)CCN(C[C@@H](O)[C@H](Cc1ccccc1)NC(=O)[C@H](CC(N)=O)NC(=O)c1ccc2ccccc2n1)C(=O)NC(C)(C)C. The second kappa shape index (κ2) is 16.0. The molecule has 11 nitrogen and oxygen atoms in total. The number of carbonyl (C=O) groups excluding carboxylic acids is 4. The molecule has 0 aliphatic carbocycles. The third kappa shape index (κ3) is 11.5. The van der Waals surface area contributed by atoms with Crippen LogP contribution in [-0.2, 0) is 16.0 Å². The van der Waals surface area contributed by atoms with Crippen molar-refractivity contribution in [3.05, 3.63) is 78.0 Å². The summed E-state index contributed by atoms with van der Waals surface area (Å²) in [4.78, 5) is 57.8. The summed E-state index contributed by atoms with van der Waals surface area (Å²) < 4.78 is 0. The molecule has 6 N–H and O–H groups in total. The summed E-state index contributed by atoms with van der Waals surface area (Å²) in [7, 11) is 0. The number of nitrogens with two attached hydrogens (primary N) is 1. The molecule has 0 saturated heterocycles. The number of urea groups is 1. The number of primary amides is 1. The molecule has 2 aromatic carbocycles. The molecular formula is C34H46N6O5. The molecule has 0 fully saturated rings. The average Bonchev–Trinajstić information content (AvgIpc) is 2.97. The Morgan fingerprint density at radius 2 is 1.60 bits per heavy atom. The number of para-hydroxylation sites is 1. The van der Waals surface area contributed by atoms with Gasteiger partial charge in [0, 0.05) is 17.5 Å². The standard InChI is InChI=1S/C34H46N6O5/c1-22(2)17-18-40(33(45)39-34(3,4)5)21-29(41)27(19-23-11-7-6-8-12-23)37-32(44)28(20-30(35)42)38-31(43)26-16-15-24-13-9-10-14-25(24)36-26/h6-16,22,27-29,41H,17-21H2,1-5H3,(H2,35,42)(H,37,44)(H,38,43)(H,39,45)/t27-,28-,29+/m0/s1. The molecule has 11 heteroatoms. The van der Waals surface area contributed by atoms with Crippen LogP contribution in [0.4, 0.5) is 4.79 Å². The van der Waals surface area contributed by atoms with E-state index < -0.39 is 47.9 Å². The van der Waals surface area contributed by atoms with Gasteiger partial charge in [0.1, 0.15) is 11.7 Å². The lowest BCUT2D eigenvalue weighted by atomic mass is 9.99. The summed E-state index contributed by atoms with van der Waals surface area (Å²) in [6.45, 7) is 10.1. The lowest BCUT2D eigenvalue weighted by Crippen LogP contribution is -2.57. The van der Waals surface area contributed by atoms with Gasteiger partial charge in [-0.3, -0.25) is 14.4 Å². The van der Waals surface area contributed by atoms with Gasteiger partial charge in [0.05, 0.1) is 30.6 Å². The number of hydrogen-bond donors (Lipinski definition) is 5. The zero-order chi connectivity index (χ0) is 33.1. The number of aliphatic hydroxyl groups excluding tert-OH is 1. The number of aliphatic hydroxyl groups is 1. The third-order valence-electron chi connectivity index (χ3n) is 7.10. The first-order valence-electron chi connectivity index (χ1n) is 15.3. The number of benzene rings is 2.